The number of benzene rings is 2. The zero-order valence-electron chi connectivity index (χ0n) is 20.7. The van der Waals surface area contributed by atoms with Crippen LogP contribution in [0.1, 0.15) is 47.7 Å². The molecule has 3 aromatic rings. The van der Waals surface area contributed by atoms with Gasteiger partial charge in [-0.2, -0.15) is 0 Å². The minimum Gasteiger partial charge on any atom is -0.489 e. The van der Waals surface area contributed by atoms with Gasteiger partial charge in [0.05, 0.1) is 12.7 Å². The van der Waals surface area contributed by atoms with Crippen LogP contribution in [0.5, 0.6) is 5.75 Å². The SMILES string of the molecule is CCN(Cc1cc(Br)ccc1OCc1ccccc1)c1ccc(C(=O)NCCCCC(=O)OC)cn1. The molecule has 0 aliphatic rings. The van der Waals surface area contributed by atoms with Crippen LogP contribution in [0.3, 0.4) is 0 Å². The first-order chi connectivity index (χ1) is 17.5. The topological polar surface area (TPSA) is 80.8 Å². The number of methoxy groups -OCH3 is 1. The monoisotopic (exact) mass is 553 g/mol. The van der Waals surface area contributed by atoms with Crippen LogP contribution < -0.4 is 15.0 Å². The Labute approximate surface area is 221 Å². The van der Waals surface area contributed by atoms with Gasteiger partial charge in [0.25, 0.3) is 5.91 Å². The molecule has 0 aliphatic carbocycles. The second-order valence-corrected chi connectivity index (χ2v) is 9.15. The van der Waals surface area contributed by atoms with Crippen molar-refractivity contribution in [2.75, 3.05) is 25.1 Å². The van der Waals surface area contributed by atoms with E-state index in [1.54, 1.807) is 12.3 Å². The number of pyridine rings is 1. The summed E-state index contributed by atoms with van der Waals surface area (Å²) in [5.74, 6) is 1.18. The predicted octanol–water partition coefficient (Wildman–Crippen LogP) is 5.52. The molecule has 2 aromatic carbocycles. The third kappa shape index (κ3) is 8.37. The maximum atomic E-state index is 12.4. The van der Waals surface area contributed by atoms with Gasteiger partial charge in [0.1, 0.15) is 18.2 Å². The Kier molecular flexibility index (Phi) is 10.8. The van der Waals surface area contributed by atoms with Gasteiger partial charge in [0, 0.05) is 42.3 Å². The van der Waals surface area contributed by atoms with Crippen LogP contribution in [-0.2, 0) is 22.7 Å². The number of esters is 1. The van der Waals surface area contributed by atoms with Gasteiger partial charge in [-0.25, -0.2) is 4.98 Å². The number of carbonyl (C=O) groups is 2. The molecule has 0 saturated carbocycles. The molecule has 0 aliphatic heterocycles. The molecule has 1 heterocycles. The third-order valence-electron chi connectivity index (χ3n) is 5.66. The van der Waals surface area contributed by atoms with Crippen molar-refractivity contribution in [1.29, 1.82) is 0 Å². The fourth-order valence-electron chi connectivity index (χ4n) is 3.62. The lowest BCUT2D eigenvalue weighted by Crippen LogP contribution is -2.26. The number of anilines is 1. The molecular weight excluding hydrogens is 522 g/mol. The molecule has 1 amide bonds. The molecule has 1 N–H and O–H groups in total. The van der Waals surface area contributed by atoms with Crippen LogP contribution in [0.4, 0.5) is 5.82 Å². The number of nitrogens with one attached hydrogen (secondary N) is 1. The van der Waals surface area contributed by atoms with E-state index in [2.05, 4.69) is 48.9 Å². The van der Waals surface area contributed by atoms with Gasteiger partial charge in [-0.1, -0.05) is 46.3 Å². The molecule has 36 heavy (non-hydrogen) atoms. The Hall–Kier alpha value is -3.39. The number of hydrogen-bond donors (Lipinski definition) is 1. The van der Waals surface area contributed by atoms with Crippen LogP contribution in [0, 0.1) is 0 Å². The number of carbonyl (C=O) groups excluding carboxylic acids is 2. The van der Waals surface area contributed by atoms with Crippen molar-refractivity contribution >= 4 is 33.6 Å². The quantitative estimate of drug-likeness (QED) is 0.221. The summed E-state index contributed by atoms with van der Waals surface area (Å²) >= 11 is 3.57. The van der Waals surface area contributed by atoms with Crippen LogP contribution in [0.25, 0.3) is 0 Å². The van der Waals surface area contributed by atoms with E-state index < -0.39 is 0 Å². The normalized spacial score (nSPS) is 10.5. The number of halogens is 1. The predicted molar refractivity (Wildman–Crippen MR) is 144 cm³/mol. The van der Waals surface area contributed by atoms with Crippen molar-refractivity contribution in [1.82, 2.24) is 10.3 Å². The summed E-state index contributed by atoms with van der Waals surface area (Å²) < 4.78 is 11.7. The number of rotatable bonds is 13. The highest BCUT2D eigenvalue weighted by molar-refractivity contribution is 9.10. The lowest BCUT2D eigenvalue weighted by Gasteiger charge is -2.24. The molecule has 0 bridgehead atoms. The van der Waals surface area contributed by atoms with Crippen LogP contribution in [0.15, 0.2) is 71.3 Å². The van der Waals surface area contributed by atoms with Crippen molar-refractivity contribution in [3.63, 3.8) is 0 Å². The lowest BCUT2D eigenvalue weighted by molar-refractivity contribution is -0.140. The highest BCUT2D eigenvalue weighted by atomic mass is 79.9. The van der Waals surface area contributed by atoms with E-state index in [4.69, 9.17) is 4.74 Å². The van der Waals surface area contributed by atoms with Gasteiger partial charge in [-0.05, 0) is 55.7 Å². The number of nitrogens with zero attached hydrogens (tertiary/aromatic N) is 2. The van der Waals surface area contributed by atoms with E-state index in [-0.39, 0.29) is 11.9 Å². The zero-order chi connectivity index (χ0) is 25.8. The molecule has 0 saturated heterocycles. The average molecular weight is 554 g/mol. The molecule has 0 atom stereocenters. The van der Waals surface area contributed by atoms with Gasteiger partial charge >= 0.3 is 5.97 Å². The second-order valence-electron chi connectivity index (χ2n) is 8.23. The summed E-state index contributed by atoms with van der Waals surface area (Å²) in [6.45, 7) is 4.40. The average Bonchev–Trinajstić information content (AvgIpc) is 2.91. The van der Waals surface area contributed by atoms with E-state index in [0.29, 0.717) is 44.5 Å². The highest BCUT2D eigenvalue weighted by Gasteiger charge is 2.13. The van der Waals surface area contributed by atoms with Gasteiger partial charge in [-0.15, -0.1) is 0 Å². The van der Waals surface area contributed by atoms with Gasteiger partial charge in [-0.3, -0.25) is 9.59 Å². The maximum absolute atomic E-state index is 12.4. The van der Waals surface area contributed by atoms with Crippen molar-refractivity contribution in [3.8, 4) is 5.75 Å². The molecule has 0 fully saturated rings. The molecule has 0 unspecified atom stereocenters. The summed E-state index contributed by atoms with van der Waals surface area (Å²) in [6.07, 6.45) is 3.32. The van der Waals surface area contributed by atoms with E-state index in [1.165, 1.54) is 7.11 Å². The van der Waals surface area contributed by atoms with E-state index in [1.807, 2.05) is 48.5 Å². The Bertz CT molecular complexity index is 1120. The van der Waals surface area contributed by atoms with Gasteiger partial charge in [0.15, 0.2) is 0 Å². The molecule has 190 valence electrons. The summed E-state index contributed by atoms with van der Waals surface area (Å²) in [6, 6.07) is 19.7. The number of unbranched alkanes of at least 4 members (excludes halogenated alkanes) is 1. The van der Waals surface area contributed by atoms with Crippen LogP contribution in [0.2, 0.25) is 0 Å². The first-order valence-electron chi connectivity index (χ1n) is 12.0. The standard InChI is InChI=1S/C28H32BrN3O4/c1-3-32(19-23-17-24(29)13-14-25(23)36-20-21-9-5-4-6-10-21)26-15-12-22(18-31-26)28(34)30-16-8-7-11-27(33)35-2/h4-6,9-10,12-15,17-18H,3,7-8,11,16,19-20H2,1-2H3,(H,30,34). The Balaban J connectivity index is 1.59. The van der Waals surface area contributed by atoms with E-state index >= 15 is 0 Å². The maximum Gasteiger partial charge on any atom is 0.305 e. The summed E-state index contributed by atoms with van der Waals surface area (Å²) in [4.78, 5) is 30.3. The number of hydrogen-bond acceptors (Lipinski definition) is 6. The summed E-state index contributed by atoms with van der Waals surface area (Å²) in [5, 5.41) is 2.87. The largest absolute Gasteiger partial charge is 0.489 e. The van der Waals surface area contributed by atoms with Gasteiger partial charge < -0.3 is 19.7 Å². The number of aromatic nitrogens is 1. The smallest absolute Gasteiger partial charge is 0.305 e. The first-order valence-corrected chi connectivity index (χ1v) is 12.8. The summed E-state index contributed by atoms with van der Waals surface area (Å²) in [5.41, 5.74) is 2.65. The zero-order valence-corrected chi connectivity index (χ0v) is 22.3. The molecule has 3 rings (SSSR count). The lowest BCUT2D eigenvalue weighted by atomic mass is 10.1. The Morgan fingerprint density at radius 3 is 2.56 bits per heavy atom. The van der Waals surface area contributed by atoms with Crippen molar-refractivity contribution in [3.05, 3.63) is 88.0 Å². The highest BCUT2D eigenvalue weighted by Crippen LogP contribution is 2.27. The van der Waals surface area contributed by atoms with E-state index in [0.717, 1.165) is 33.7 Å². The van der Waals surface area contributed by atoms with Gasteiger partial charge in [0.2, 0.25) is 0 Å². The Morgan fingerprint density at radius 1 is 1.06 bits per heavy atom. The first kappa shape index (κ1) is 27.2. The Morgan fingerprint density at radius 2 is 1.86 bits per heavy atom. The molecule has 8 heteroatoms. The summed E-state index contributed by atoms with van der Waals surface area (Å²) in [7, 11) is 1.37. The number of amides is 1. The molecular formula is C28H32BrN3O4. The minimum absolute atomic E-state index is 0.182. The molecule has 1 aromatic heterocycles. The third-order valence-corrected chi connectivity index (χ3v) is 6.15. The van der Waals surface area contributed by atoms with Crippen LogP contribution in [-0.4, -0.2) is 37.1 Å². The van der Waals surface area contributed by atoms with Crippen molar-refractivity contribution in [2.24, 2.45) is 0 Å². The van der Waals surface area contributed by atoms with E-state index in [9.17, 15) is 9.59 Å². The van der Waals surface area contributed by atoms with Crippen LogP contribution >= 0.6 is 15.9 Å². The fraction of sp³-hybridized carbons (Fsp3) is 0.321. The molecule has 0 spiro atoms. The molecule has 0 radical (unpaired) electrons. The van der Waals surface area contributed by atoms with Crippen molar-refractivity contribution < 1.29 is 19.1 Å². The second kappa shape index (κ2) is 14.2. The van der Waals surface area contributed by atoms with Crippen molar-refractivity contribution in [2.45, 2.75) is 39.3 Å². The number of ether oxygens (including phenoxy) is 2. The minimum atomic E-state index is -0.237. The molecule has 7 nitrogen and oxygen atoms in total. The fourth-order valence-corrected chi connectivity index (χ4v) is 4.02.